The Bertz CT molecular complexity index is 1130. The molecule has 0 atom stereocenters. The van der Waals surface area contributed by atoms with Gasteiger partial charge in [-0.25, -0.2) is 12.8 Å². The molecule has 0 fully saturated rings. The first-order valence-electron chi connectivity index (χ1n) is 9.57. The van der Waals surface area contributed by atoms with E-state index in [1.165, 1.54) is 16.4 Å². The second-order valence-electron chi connectivity index (χ2n) is 7.08. The average Bonchev–Trinajstić information content (AvgIpc) is 2.74. The molecule has 0 unspecified atom stereocenters. The van der Waals surface area contributed by atoms with Gasteiger partial charge in [0, 0.05) is 17.1 Å². The van der Waals surface area contributed by atoms with Gasteiger partial charge < -0.3 is 5.32 Å². The van der Waals surface area contributed by atoms with Gasteiger partial charge in [-0.3, -0.25) is 9.10 Å². The van der Waals surface area contributed by atoms with Crippen molar-refractivity contribution in [2.75, 3.05) is 17.1 Å². The van der Waals surface area contributed by atoms with Gasteiger partial charge in [0.05, 0.1) is 18.5 Å². The summed E-state index contributed by atoms with van der Waals surface area (Å²) < 4.78 is 38.8. The lowest BCUT2D eigenvalue weighted by atomic mass is 10.1. The third kappa shape index (κ3) is 6.54. The first-order valence-corrected chi connectivity index (χ1v) is 11.8. The standard InChI is InChI=1S/C23H22ClFN2O3S/c1-31(29,30)27(16-18-2-8-20(24)9-3-18)22-12-6-19(7-13-22)23(28)26-15-14-17-4-10-21(25)11-5-17/h2-13H,14-16H2,1H3,(H,26,28). The molecule has 1 amide bonds. The van der Waals surface area contributed by atoms with Crippen LogP contribution in [0.1, 0.15) is 21.5 Å². The maximum Gasteiger partial charge on any atom is 0.251 e. The summed E-state index contributed by atoms with van der Waals surface area (Å²) in [5, 5.41) is 3.38. The Balaban J connectivity index is 1.65. The first kappa shape index (κ1) is 22.8. The molecule has 162 valence electrons. The number of hydrogen-bond donors (Lipinski definition) is 1. The minimum atomic E-state index is -3.53. The van der Waals surface area contributed by atoms with E-state index >= 15 is 0 Å². The number of rotatable bonds is 8. The minimum Gasteiger partial charge on any atom is -0.352 e. The summed E-state index contributed by atoms with van der Waals surface area (Å²) in [4.78, 5) is 12.4. The van der Waals surface area contributed by atoms with Crippen LogP contribution in [0, 0.1) is 5.82 Å². The number of anilines is 1. The van der Waals surface area contributed by atoms with Crippen molar-refractivity contribution in [3.63, 3.8) is 0 Å². The lowest BCUT2D eigenvalue weighted by Gasteiger charge is -2.23. The molecule has 0 heterocycles. The zero-order valence-electron chi connectivity index (χ0n) is 16.9. The van der Waals surface area contributed by atoms with Gasteiger partial charge in [0.2, 0.25) is 10.0 Å². The van der Waals surface area contributed by atoms with Crippen molar-refractivity contribution in [3.05, 3.63) is 100 Å². The van der Waals surface area contributed by atoms with Gasteiger partial charge in [-0.2, -0.15) is 0 Å². The first-order chi connectivity index (χ1) is 14.7. The number of halogens is 2. The summed E-state index contributed by atoms with van der Waals surface area (Å²) in [5.74, 6) is -0.565. The van der Waals surface area contributed by atoms with E-state index in [0.717, 1.165) is 17.4 Å². The third-order valence-electron chi connectivity index (χ3n) is 4.67. The number of amides is 1. The topological polar surface area (TPSA) is 66.5 Å². The van der Waals surface area contributed by atoms with E-state index in [4.69, 9.17) is 11.6 Å². The Morgan fingerprint density at radius 1 is 0.935 bits per heavy atom. The van der Waals surface area contributed by atoms with E-state index in [2.05, 4.69) is 5.32 Å². The highest BCUT2D eigenvalue weighted by Gasteiger charge is 2.18. The monoisotopic (exact) mass is 460 g/mol. The fourth-order valence-electron chi connectivity index (χ4n) is 3.01. The lowest BCUT2D eigenvalue weighted by molar-refractivity contribution is 0.0954. The van der Waals surface area contributed by atoms with Crippen LogP contribution in [0.3, 0.4) is 0 Å². The van der Waals surface area contributed by atoms with Crippen LogP contribution in [-0.2, 0) is 23.0 Å². The molecule has 31 heavy (non-hydrogen) atoms. The number of hydrogen-bond acceptors (Lipinski definition) is 3. The van der Waals surface area contributed by atoms with Crippen molar-refractivity contribution in [3.8, 4) is 0 Å². The average molecular weight is 461 g/mol. The van der Waals surface area contributed by atoms with E-state index in [9.17, 15) is 17.6 Å². The maximum atomic E-state index is 12.9. The second kappa shape index (κ2) is 9.94. The van der Waals surface area contributed by atoms with Crippen LogP contribution in [0.15, 0.2) is 72.8 Å². The minimum absolute atomic E-state index is 0.152. The van der Waals surface area contributed by atoms with Crippen LogP contribution in [0.4, 0.5) is 10.1 Å². The summed E-state index contributed by atoms with van der Waals surface area (Å²) >= 11 is 5.89. The third-order valence-corrected chi connectivity index (χ3v) is 6.06. The van der Waals surface area contributed by atoms with E-state index in [1.54, 1.807) is 60.7 Å². The molecule has 0 bridgehead atoms. The number of nitrogens with zero attached hydrogens (tertiary/aromatic N) is 1. The quantitative estimate of drug-likeness (QED) is 0.541. The Morgan fingerprint density at radius 2 is 1.52 bits per heavy atom. The summed E-state index contributed by atoms with van der Waals surface area (Å²) in [7, 11) is -3.53. The van der Waals surface area contributed by atoms with Gasteiger partial charge in [0.15, 0.2) is 0 Å². The highest BCUT2D eigenvalue weighted by atomic mass is 35.5. The molecule has 0 spiro atoms. The molecule has 0 saturated carbocycles. The molecular weight excluding hydrogens is 439 g/mol. The summed E-state index contributed by atoms with van der Waals surface area (Å²) in [6, 6.07) is 19.4. The van der Waals surface area contributed by atoms with Crippen LogP contribution < -0.4 is 9.62 Å². The van der Waals surface area contributed by atoms with Gasteiger partial charge in [-0.1, -0.05) is 35.9 Å². The van der Waals surface area contributed by atoms with Crippen LogP contribution in [0.25, 0.3) is 0 Å². The highest BCUT2D eigenvalue weighted by Crippen LogP contribution is 2.22. The summed E-state index contributed by atoms with van der Waals surface area (Å²) in [6.07, 6.45) is 1.71. The van der Waals surface area contributed by atoms with Crippen molar-refractivity contribution in [1.82, 2.24) is 5.32 Å². The molecule has 5 nitrogen and oxygen atoms in total. The summed E-state index contributed by atoms with van der Waals surface area (Å²) in [5.41, 5.74) is 2.59. The molecule has 0 aromatic heterocycles. The molecule has 0 aliphatic heterocycles. The smallest absolute Gasteiger partial charge is 0.251 e. The Labute approximate surface area is 186 Å². The SMILES string of the molecule is CS(=O)(=O)N(Cc1ccc(Cl)cc1)c1ccc(C(=O)NCCc2ccc(F)cc2)cc1. The normalized spacial score (nSPS) is 11.2. The number of carbonyl (C=O) groups excluding carboxylic acids is 1. The molecule has 1 N–H and O–H groups in total. The molecule has 3 aromatic rings. The Hall–Kier alpha value is -2.90. The van der Waals surface area contributed by atoms with Gasteiger partial charge in [0.1, 0.15) is 5.82 Å². The molecule has 0 aliphatic carbocycles. The molecule has 3 rings (SSSR count). The number of benzene rings is 3. The van der Waals surface area contributed by atoms with Crippen molar-refractivity contribution < 1.29 is 17.6 Å². The number of carbonyl (C=O) groups is 1. The molecule has 0 radical (unpaired) electrons. The van der Waals surface area contributed by atoms with Crippen LogP contribution in [-0.4, -0.2) is 27.1 Å². The van der Waals surface area contributed by atoms with Crippen molar-refractivity contribution in [2.45, 2.75) is 13.0 Å². The van der Waals surface area contributed by atoms with Crippen molar-refractivity contribution >= 4 is 33.2 Å². The van der Waals surface area contributed by atoms with Crippen molar-refractivity contribution in [1.29, 1.82) is 0 Å². The van der Waals surface area contributed by atoms with Crippen LogP contribution in [0.5, 0.6) is 0 Å². The maximum absolute atomic E-state index is 12.9. The van der Waals surface area contributed by atoms with E-state index in [1.807, 2.05) is 0 Å². The Morgan fingerprint density at radius 3 is 2.10 bits per heavy atom. The molecule has 0 saturated heterocycles. The van der Waals surface area contributed by atoms with E-state index in [-0.39, 0.29) is 18.3 Å². The fraction of sp³-hybridized carbons (Fsp3) is 0.174. The van der Waals surface area contributed by atoms with Gasteiger partial charge in [0.25, 0.3) is 5.91 Å². The largest absolute Gasteiger partial charge is 0.352 e. The van der Waals surface area contributed by atoms with Crippen LogP contribution in [0.2, 0.25) is 5.02 Å². The molecule has 3 aromatic carbocycles. The molecule has 0 aliphatic rings. The predicted molar refractivity (Wildman–Crippen MR) is 121 cm³/mol. The molecule has 8 heteroatoms. The van der Waals surface area contributed by atoms with Gasteiger partial charge in [-0.05, 0) is 66.1 Å². The van der Waals surface area contributed by atoms with Crippen molar-refractivity contribution in [2.24, 2.45) is 0 Å². The lowest BCUT2D eigenvalue weighted by Crippen LogP contribution is -2.29. The Kier molecular flexibility index (Phi) is 7.30. The summed E-state index contributed by atoms with van der Waals surface area (Å²) in [6.45, 7) is 0.553. The highest BCUT2D eigenvalue weighted by molar-refractivity contribution is 7.92. The van der Waals surface area contributed by atoms with Gasteiger partial charge >= 0.3 is 0 Å². The van der Waals surface area contributed by atoms with E-state index < -0.39 is 10.0 Å². The van der Waals surface area contributed by atoms with Crippen LogP contribution >= 0.6 is 11.6 Å². The van der Waals surface area contributed by atoms with E-state index in [0.29, 0.717) is 29.2 Å². The zero-order valence-corrected chi connectivity index (χ0v) is 18.5. The number of nitrogens with one attached hydrogen (secondary N) is 1. The molecular formula is C23H22ClFN2O3S. The zero-order chi connectivity index (χ0) is 22.4. The predicted octanol–water partition coefficient (Wildman–Crippen LogP) is 4.42. The fourth-order valence-corrected chi connectivity index (χ4v) is 4.02. The number of sulfonamides is 1. The van der Waals surface area contributed by atoms with Gasteiger partial charge in [-0.15, -0.1) is 0 Å². The second-order valence-corrected chi connectivity index (χ2v) is 9.42.